The Morgan fingerprint density at radius 1 is 0.978 bits per heavy atom. The van der Waals surface area contributed by atoms with Crippen LogP contribution in [-0.4, -0.2) is 79.2 Å². The van der Waals surface area contributed by atoms with Crippen LogP contribution in [0.4, 0.5) is 5.69 Å². The predicted octanol–water partition coefficient (Wildman–Crippen LogP) is 0.937. The van der Waals surface area contributed by atoms with Crippen LogP contribution >= 0.6 is 0 Å². The molecular weight excluding hydrogens is 590 g/mol. The first-order chi connectivity index (χ1) is 21.4. The Morgan fingerprint density at radius 2 is 1.62 bits per heavy atom. The second-order valence-corrected chi connectivity index (χ2v) is 10.7. The summed E-state index contributed by atoms with van der Waals surface area (Å²) in [6, 6.07) is 7.23. The number of aliphatic hydroxyl groups is 1. The Balaban J connectivity index is 1.39. The van der Waals surface area contributed by atoms with Gasteiger partial charge in [-0.15, -0.1) is 0 Å². The SMILES string of the molecule is CN(c1ccc(C(=O)N[C@@H](CCC(=O)N[C@H](CCC(=O)O)C(=O)O)C(=O)O)cc1)C1CCc2cc3nc(CO)[nH]c(=O)c3cc21. The van der Waals surface area contributed by atoms with Crippen molar-refractivity contribution in [2.75, 3.05) is 11.9 Å². The summed E-state index contributed by atoms with van der Waals surface area (Å²) in [6.07, 6.45) is -0.0207. The minimum absolute atomic E-state index is 0.0617. The summed E-state index contributed by atoms with van der Waals surface area (Å²) in [5, 5.41) is 41.8. The molecule has 3 atom stereocenters. The number of carboxylic acid groups (broad SMARTS) is 3. The average Bonchev–Trinajstić information content (AvgIpc) is 3.42. The van der Waals surface area contributed by atoms with Crippen LogP contribution < -0.4 is 21.1 Å². The zero-order valence-corrected chi connectivity index (χ0v) is 24.3. The number of nitrogens with one attached hydrogen (secondary N) is 3. The summed E-state index contributed by atoms with van der Waals surface area (Å²) in [5.41, 5.74) is 3.15. The number of anilines is 1. The lowest BCUT2D eigenvalue weighted by atomic mass is 10.0. The molecule has 0 aliphatic heterocycles. The van der Waals surface area contributed by atoms with Gasteiger partial charge >= 0.3 is 17.9 Å². The number of benzene rings is 2. The molecule has 15 nitrogen and oxygen atoms in total. The topological polar surface area (TPSA) is 239 Å². The van der Waals surface area contributed by atoms with E-state index in [9.17, 15) is 44.1 Å². The van der Waals surface area contributed by atoms with Gasteiger partial charge in [0.2, 0.25) is 5.91 Å². The van der Waals surface area contributed by atoms with E-state index in [0.717, 1.165) is 29.7 Å². The first-order valence-corrected chi connectivity index (χ1v) is 14.1. The summed E-state index contributed by atoms with van der Waals surface area (Å²) < 4.78 is 0. The van der Waals surface area contributed by atoms with Crippen molar-refractivity contribution in [1.29, 1.82) is 0 Å². The molecule has 2 amide bonds. The molecule has 238 valence electrons. The fourth-order valence-corrected chi connectivity index (χ4v) is 5.34. The molecule has 15 heteroatoms. The minimum Gasteiger partial charge on any atom is -0.481 e. The van der Waals surface area contributed by atoms with Crippen LogP contribution in [0, 0.1) is 0 Å². The molecule has 1 unspecified atom stereocenters. The van der Waals surface area contributed by atoms with E-state index in [1.807, 2.05) is 24.1 Å². The van der Waals surface area contributed by atoms with Crippen LogP contribution in [0.15, 0.2) is 41.2 Å². The number of aromatic amines is 1. The van der Waals surface area contributed by atoms with Gasteiger partial charge in [0, 0.05) is 31.1 Å². The van der Waals surface area contributed by atoms with E-state index < -0.39 is 54.6 Å². The highest BCUT2D eigenvalue weighted by molar-refractivity contribution is 5.97. The van der Waals surface area contributed by atoms with Crippen LogP contribution in [-0.2, 0) is 32.2 Å². The zero-order valence-electron chi connectivity index (χ0n) is 24.3. The van der Waals surface area contributed by atoms with Crippen LogP contribution in [0.5, 0.6) is 0 Å². The number of nitrogens with zero attached hydrogens (tertiary/aromatic N) is 2. The summed E-state index contributed by atoms with van der Waals surface area (Å²) in [5.74, 6) is -5.32. The molecule has 7 N–H and O–H groups in total. The standard InChI is InChI=1S/C30H33N5O10/c1-35(23-9-4-16-12-22-19(13-18(16)23)28(41)34-24(14-36)31-22)17-5-2-15(3-6-17)27(40)33-21(30(44)45)7-10-25(37)32-20(29(42)43)8-11-26(38)39/h2-3,5-6,12-13,20-21,23,36H,4,7-11,14H2,1H3,(H,32,37)(H,33,40)(H,38,39)(H,42,43)(H,44,45)(H,31,34,41)/t20-,21+,23?/m1/s1. The third-order valence-electron chi connectivity index (χ3n) is 7.76. The molecule has 3 aromatic rings. The normalized spacial score (nSPS) is 15.1. The van der Waals surface area contributed by atoms with Gasteiger partial charge in [0.1, 0.15) is 24.5 Å². The smallest absolute Gasteiger partial charge is 0.326 e. The maximum atomic E-state index is 12.8. The Hall–Kier alpha value is -5.31. The molecule has 1 aromatic heterocycles. The highest BCUT2D eigenvalue weighted by atomic mass is 16.4. The maximum absolute atomic E-state index is 12.8. The molecule has 0 fully saturated rings. The fraction of sp³-hybridized carbons (Fsp3) is 0.367. The van der Waals surface area contributed by atoms with Crippen molar-refractivity contribution in [3.05, 3.63) is 69.3 Å². The third kappa shape index (κ3) is 7.80. The third-order valence-corrected chi connectivity index (χ3v) is 7.76. The molecule has 0 saturated heterocycles. The van der Waals surface area contributed by atoms with Crippen molar-refractivity contribution in [2.45, 2.75) is 63.3 Å². The quantitative estimate of drug-likeness (QED) is 0.133. The molecule has 45 heavy (non-hydrogen) atoms. The van der Waals surface area contributed by atoms with Gasteiger partial charge in [-0.25, -0.2) is 14.6 Å². The first-order valence-electron chi connectivity index (χ1n) is 14.1. The van der Waals surface area contributed by atoms with Gasteiger partial charge in [-0.05, 0) is 73.2 Å². The Labute approximate surface area is 255 Å². The van der Waals surface area contributed by atoms with E-state index in [0.29, 0.717) is 10.9 Å². The lowest BCUT2D eigenvalue weighted by molar-refractivity contribution is -0.143. The monoisotopic (exact) mass is 623 g/mol. The van der Waals surface area contributed by atoms with Gasteiger partial charge in [-0.1, -0.05) is 0 Å². The number of hydrogen-bond acceptors (Lipinski definition) is 9. The van der Waals surface area contributed by atoms with Gasteiger partial charge < -0.3 is 40.9 Å². The van der Waals surface area contributed by atoms with E-state index in [1.54, 1.807) is 12.1 Å². The second kappa shape index (κ2) is 14.0. The summed E-state index contributed by atoms with van der Waals surface area (Å²) in [6.45, 7) is -0.373. The van der Waals surface area contributed by atoms with Gasteiger partial charge in [-0.3, -0.25) is 19.2 Å². The van der Waals surface area contributed by atoms with Crippen molar-refractivity contribution >= 4 is 46.3 Å². The summed E-state index contributed by atoms with van der Waals surface area (Å²) in [7, 11) is 1.89. The number of hydrogen-bond donors (Lipinski definition) is 7. The number of H-pyrrole nitrogens is 1. The molecule has 0 radical (unpaired) electrons. The number of aliphatic hydroxyl groups excluding tert-OH is 1. The second-order valence-electron chi connectivity index (χ2n) is 10.7. The highest BCUT2D eigenvalue weighted by Crippen LogP contribution is 2.38. The summed E-state index contributed by atoms with van der Waals surface area (Å²) in [4.78, 5) is 80.3. The van der Waals surface area contributed by atoms with Crippen molar-refractivity contribution in [1.82, 2.24) is 20.6 Å². The number of aliphatic carboxylic acids is 3. The molecule has 0 spiro atoms. The van der Waals surface area contributed by atoms with E-state index in [1.165, 1.54) is 12.1 Å². The van der Waals surface area contributed by atoms with Crippen LogP contribution in [0.3, 0.4) is 0 Å². The number of amides is 2. The summed E-state index contributed by atoms with van der Waals surface area (Å²) >= 11 is 0. The number of aryl methyl sites for hydroxylation is 1. The van der Waals surface area contributed by atoms with Gasteiger partial charge in [0.15, 0.2) is 0 Å². The van der Waals surface area contributed by atoms with Crippen molar-refractivity contribution in [3.8, 4) is 0 Å². The lowest BCUT2D eigenvalue weighted by Gasteiger charge is -2.28. The molecule has 0 saturated carbocycles. The number of carbonyl (C=O) groups is 5. The Morgan fingerprint density at radius 3 is 2.24 bits per heavy atom. The van der Waals surface area contributed by atoms with Crippen LogP contribution in [0.25, 0.3) is 10.9 Å². The van der Waals surface area contributed by atoms with Crippen molar-refractivity contribution in [2.24, 2.45) is 0 Å². The number of fused-ring (bicyclic) bond motifs is 2. The van der Waals surface area contributed by atoms with Crippen LogP contribution in [0.1, 0.15) is 65.5 Å². The zero-order chi connectivity index (χ0) is 32.8. The predicted molar refractivity (Wildman–Crippen MR) is 159 cm³/mol. The molecule has 4 rings (SSSR count). The molecule has 1 aliphatic rings. The highest BCUT2D eigenvalue weighted by Gasteiger charge is 2.28. The minimum atomic E-state index is -1.44. The molecular formula is C30H33N5O10. The molecule has 1 heterocycles. The lowest BCUT2D eigenvalue weighted by Crippen LogP contribution is -2.44. The Kier molecular flexibility index (Phi) is 10.1. The first kappa shape index (κ1) is 32.6. The number of rotatable bonds is 14. The number of aromatic nitrogens is 2. The van der Waals surface area contributed by atoms with E-state index in [2.05, 4.69) is 20.6 Å². The molecule has 0 bridgehead atoms. The van der Waals surface area contributed by atoms with E-state index in [-0.39, 0.29) is 42.4 Å². The average molecular weight is 624 g/mol. The van der Waals surface area contributed by atoms with E-state index >= 15 is 0 Å². The fourth-order valence-electron chi connectivity index (χ4n) is 5.34. The van der Waals surface area contributed by atoms with Gasteiger partial charge in [0.05, 0.1) is 16.9 Å². The molecule has 1 aliphatic carbocycles. The largest absolute Gasteiger partial charge is 0.481 e. The Bertz CT molecular complexity index is 1690. The number of carboxylic acids is 3. The van der Waals surface area contributed by atoms with Crippen LogP contribution in [0.2, 0.25) is 0 Å². The van der Waals surface area contributed by atoms with Crippen molar-refractivity contribution in [3.63, 3.8) is 0 Å². The van der Waals surface area contributed by atoms with Gasteiger partial charge in [0.25, 0.3) is 11.5 Å². The van der Waals surface area contributed by atoms with Crippen molar-refractivity contribution < 1.29 is 44.4 Å². The molecule has 2 aromatic carbocycles. The number of carbonyl (C=O) groups excluding carboxylic acids is 2. The maximum Gasteiger partial charge on any atom is 0.326 e. The van der Waals surface area contributed by atoms with E-state index in [4.69, 9.17) is 5.11 Å². The van der Waals surface area contributed by atoms with Gasteiger partial charge in [-0.2, -0.15) is 0 Å².